The Balaban J connectivity index is 2.01. The topological polar surface area (TPSA) is 23.8 Å². The first-order chi connectivity index (χ1) is 10.8. The fourth-order valence-electron chi connectivity index (χ4n) is 3.27. The molecule has 3 aromatic carbocycles. The molecular weight excluding hydrogens is 334 g/mol. The van der Waals surface area contributed by atoms with Crippen molar-refractivity contribution in [1.29, 1.82) is 5.26 Å². The molecule has 4 rings (SSSR count). The van der Waals surface area contributed by atoms with Crippen molar-refractivity contribution in [3.8, 4) is 28.3 Å². The summed E-state index contributed by atoms with van der Waals surface area (Å²) in [4.78, 5) is 0. The van der Waals surface area contributed by atoms with Gasteiger partial charge in [-0.1, -0.05) is 64.5 Å². The lowest BCUT2D eigenvalue weighted by Gasteiger charge is -2.12. The van der Waals surface area contributed by atoms with Crippen molar-refractivity contribution in [2.75, 3.05) is 0 Å². The van der Waals surface area contributed by atoms with Crippen LogP contribution in [0.25, 0.3) is 22.3 Å². The van der Waals surface area contributed by atoms with Crippen LogP contribution in [0, 0.1) is 11.3 Å². The Labute approximate surface area is 138 Å². The van der Waals surface area contributed by atoms with Crippen LogP contribution in [0.5, 0.6) is 0 Å². The van der Waals surface area contributed by atoms with Crippen LogP contribution in [-0.4, -0.2) is 0 Å². The maximum absolute atomic E-state index is 9.40. The van der Waals surface area contributed by atoms with Crippen LogP contribution in [0.4, 0.5) is 0 Å². The van der Waals surface area contributed by atoms with E-state index in [-0.39, 0.29) is 0 Å². The summed E-state index contributed by atoms with van der Waals surface area (Å²) in [6.45, 7) is 0. The molecule has 0 N–H and O–H groups in total. The Morgan fingerprint density at radius 1 is 0.818 bits per heavy atom. The average Bonchev–Trinajstić information content (AvgIpc) is 2.95. The molecule has 0 radical (unpaired) electrons. The van der Waals surface area contributed by atoms with E-state index in [9.17, 15) is 5.26 Å². The SMILES string of the molecule is N#Cc1ccccc1-c1ccc(Br)c2c1Cc1ccccc1-2. The first-order valence-corrected chi connectivity index (χ1v) is 7.98. The number of nitrogens with zero attached hydrogens (tertiary/aromatic N) is 1. The molecule has 0 bridgehead atoms. The summed E-state index contributed by atoms with van der Waals surface area (Å²) < 4.78 is 1.12. The van der Waals surface area contributed by atoms with Gasteiger partial charge in [-0.05, 0) is 46.4 Å². The maximum Gasteiger partial charge on any atom is 0.0998 e. The molecule has 0 atom stereocenters. The Kier molecular flexibility index (Phi) is 3.10. The van der Waals surface area contributed by atoms with Crippen LogP contribution in [0.1, 0.15) is 16.7 Å². The summed E-state index contributed by atoms with van der Waals surface area (Å²) in [5.41, 5.74) is 8.11. The minimum atomic E-state index is 0.725. The van der Waals surface area contributed by atoms with Gasteiger partial charge in [0.1, 0.15) is 0 Å². The molecule has 1 aliphatic rings. The second kappa shape index (κ2) is 5.12. The molecule has 0 aromatic heterocycles. The average molecular weight is 346 g/mol. The monoisotopic (exact) mass is 345 g/mol. The van der Waals surface area contributed by atoms with E-state index >= 15 is 0 Å². The number of benzene rings is 3. The Hall–Kier alpha value is -2.37. The molecule has 1 nitrogen and oxygen atoms in total. The van der Waals surface area contributed by atoms with Crippen molar-refractivity contribution in [3.63, 3.8) is 0 Å². The van der Waals surface area contributed by atoms with Gasteiger partial charge in [-0.2, -0.15) is 5.26 Å². The van der Waals surface area contributed by atoms with E-state index in [4.69, 9.17) is 0 Å². The first-order valence-electron chi connectivity index (χ1n) is 7.19. The third-order valence-corrected chi connectivity index (χ3v) is 4.91. The zero-order chi connectivity index (χ0) is 15.1. The highest BCUT2D eigenvalue weighted by Gasteiger charge is 2.24. The fraction of sp³-hybridized carbons (Fsp3) is 0.0500. The largest absolute Gasteiger partial charge is 0.192 e. The second-order valence-corrected chi connectivity index (χ2v) is 6.29. The van der Waals surface area contributed by atoms with Gasteiger partial charge in [0.15, 0.2) is 0 Å². The van der Waals surface area contributed by atoms with Crippen molar-refractivity contribution in [3.05, 3.63) is 81.8 Å². The highest BCUT2D eigenvalue weighted by Crippen LogP contribution is 2.45. The van der Waals surface area contributed by atoms with Gasteiger partial charge in [-0.25, -0.2) is 0 Å². The summed E-state index contributed by atoms with van der Waals surface area (Å²) in [5, 5.41) is 9.40. The molecule has 0 unspecified atom stereocenters. The van der Waals surface area contributed by atoms with Crippen LogP contribution >= 0.6 is 15.9 Å². The van der Waals surface area contributed by atoms with Crippen molar-refractivity contribution >= 4 is 15.9 Å². The number of rotatable bonds is 1. The molecule has 104 valence electrons. The lowest BCUT2D eigenvalue weighted by atomic mass is 9.93. The molecular formula is C20H12BrN. The molecule has 3 aromatic rings. The smallest absolute Gasteiger partial charge is 0.0998 e. The zero-order valence-electron chi connectivity index (χ0n) is 11.8. The third-order valence-electron chi connectivity index (χ3n) is 4.25. The number of hydrogen-bond acceptors (Lipinski definition) is 1. The summed E-state index contributed by atoms with van der Waals surface area (Å²) in [5.74, 6) is 0. The molecule has 2 heteroatoms. The molecule has 0 saturated heterocycles. The Bertz CT molecular complexity index is 935. The van der Waals surface area contributed by atoms with E-state index in [1.807, 2.05) is 24.3 Å². The van der Waals surface area contributed by atoms with Gasteiger partial charge in [-0.3, -0.25) is 0 Å². The van der Waals surface area contributed by atoms with Gasteiger partial charge in [0, 0.05) is 10.0 Å². The Morgan fingerprint density at radius 2 is 1.55 bits per heavy atom. The van der Waals surface area contributed by atoms with Gasteiger partial charge in [0.25, 0.3) is 0 Å². The Morgan fingerprint density at radius 3 is 2.36 bits per heavy atom. The van der Waals surface area contributed by atoms with Crippen LogP contribution in [-0.2, 0) is 6.42 Å². The molecule has 22 heavy (non-hydrogen) atoms. The van der Waals surface area contributed by atoms with Crippen LogP contribution in [0.3, 0.4) is 0 Å². The third kappa shape index (κ3) is 1.90. The lowest BCUT2D eigenvalue weighted by molar-refractivity contribution is 1.26. The highest BCUT2D eigenvalue weighted by molar-refractivity contribution is 9.10. The van der Waals surface area contributed by atoms with Gasteiger partial charge < -0.3 is 0 Å². The summed E-state index contributed by atoms with van der Waals surface area (Å²) in [6.07, 6.45) is 0.917. The molecule has 0 fully saturated rings. The first kappa shape index (κ1) is 13.3. The lowest BCUT2D eigenvalue weighted by Crippen LogP contribution is -1.91. The molecule has 0 aliphatic heterocycles. The normalized spacial score (nSPS) is 11.6. The van der Waals surface area contributed by atoms with Gasteiger partial charge >= 0.3 is 0 Å². The van der Waals surface area contributed by atoms with Crippen molar-refractivity contribution in [2.45, 2.75) is 6.42 Å². The number of hydrogen-bond donors (Lipinski definition) is 0. The molecule has 1 aliphatic carbocycles. The molecule has 0 saturated carbocycles. The van der Waals surface area contributed by atoms with Crippen LogP contribution in [0.15, 0.2) is 65.1 Å². The minimum Gasteiger partial charge on any atom is -0.192 e. The predicted octanol–water partition coefficient (Wildman–Crippen LogP) is 5.56. The highest BCUT2D eigenvalue weighted by atomic mass is 79.9. The maximum atomic E-state index is 9.40. The number of nitriles is 1. The van der Waals surface area contributed by atoms with Gasteiger partial charge in [-0.15, -0.1) is 0 Å². The summed E-state index contributed by atoms with van der Waals surface area (Å²) in [6, 6.07) is 22.9. The van der Waals surface area contributed by atoms with Crippen molar-refractivity contribution in [2.24, 2.45) is 0 Å². The van der Waals surface area contributed by atoms with Crippen molar-refractivity contribution < 1.29 is 0 Å². The van der Waals surface area contributed by atoms with Crippen molar-refractivity contribution in [1.82, 2.24) is 0 Å². The van der Waals surface area contributed by atoms with Gasteiger partial charge in [0.05, 0.1) is 11.6 Å². The number of halogens is 1. The molecule has 0 amide bonds. The minimum absolute atomic E-state index is 0.725. The molecule has 0 heterocycles. The van der Waals surface area contributed by atoms with E-state index in [0.29, 0.717) is 0 Å². The zero-order valence-corrected chi connectivity index (χ0v) is 13.4. The van der Waals surface area contributed by atoms with E-state index in [1.54, 1.807) is 0 Å². The predicted molar refractivity (Wildman–Crippen MR) is 92.5 cm³/mol. The van der Waals surface area contributed by atoms with Gasteiger partial charge in [0.2, 0.25) is 0 Å². The fourth-order valence-corrected chi connectivity index (χ4v) is 3.86. The quantitative estimate of drug-likeness (QED) is 0.443. The standard InChI is InChI=1S/C20H12BrN/c21-19-10-9-17(15-7-3-2-6-14(15)12-22)18-11-13-5-1-4-8-16(13)20(18)19/h1-10H,11H2. The summed E-state index contributed by atoms with van der Waals surface area (Å²) >= 11 is 3.69. The molecule has 0 spiro atoms. The van der Waals surface area contributed by atoms with E-state index in [2.05, 4.69) is 58.4 Å². The van der Waals surface area contributed by atoms with E-state index in [0.717, 1.165) is 27.6 Å². The van der Waals surface area contributed by atoms with Crippen LogP contribution < -0.4 is 0 Å². The number of fused-ring (bicyclic) bond motifs is 3. The van der Waals surface area contributed by atoms with E-state index in [1.165, 1.54) is 22.3 Å². The van der Waals surface area contributed by atoms with Crippen LogP contribution in [0.2, 0.25) is 0 Å². The second-order valence-electron chi connectivity index (χ2n) is 5.44. The summed E-state index contributed by atoms with van der Waals surface area (Å²) in [7, 11) is 0. The van der Waals surface area contributed by atoms with E-state index < -0.39 is 0 Å².